The molecule has 0 atom stereocenters. The number of anilines is 2. The SMILES string of the molecule is CNCc1c(Nc2ccccc2)nc(-c2ccc(/C=N/CCCCCN(C)C)cc2)nc1-c1ccc(/C=N\CCCCCN(C)C)cc1. The summed E-state index contributed by atoms with van der Waals surface area (Å²) in [5.41, 5.74) is 7.05. The van der Waals surface area contributed by atoms with Crippen molar-refractivity contribution in [2.75, 3.05) is 66.7 Å². The summed E-state index contributed by atoms with van der Waals surface area (Å²) in [6.07, 6.45) is 11.0. The topological polar surface area (TPSA) is 81.0 Å². The maximum absolute atomic E-state index is 5.16. The monoisotopic (exact) mass is 646 g/mol. The molecular formula is C40H54N8. The van der Waals surface area contributed by atoms with E-state index in [0.29, 0.717) is 12.4 Å². The fraction of sp³-hybridized carbons (Fsp3) is 0.400. The maximum Gasteiger partial charge on any atom is 0.162 e. The molecule has 0 aliphatic heterocycles. The standard InChI is InChI=1S/C40H54N8/c1-41-31-37-38(34-21-17-32(18-22-34)29-42-25-11-7-13-27-47(2)3)45-39(46-40(37)44-36-15-9-6-10-16-36)35-23-19-33(20-24-35)30-43-26-12-8-14-28-48(4)5/h6,9-10,15-24,29-30,41H,7-8,11-14,25-28,31H2,1-5H3,(H,44,45,46)/b42-29-,43-30+. The molecule has 3 aromatic carbocycles. The van der Waals surface area contributed by atoms with E-state index in [0.717, 1.165) is 84.0 Å². The fourth-order valence-electron chi connectivity index (χ4n) is 5.36. The molecule has 254 valence electrons. The largest absolute Gasteiger partial charge is 0.340 e. The van der Waals surface area contributed by atoms with Crippen molar-refractivity contribution in [3.8, 4) is 22.6 Å². The zero-order chi connectivity index (χ0) is 34.0. The third-order valence-corrected chi connectivity index (χ3v) is 8.02. The minimum absolute atomic E-state index is 0.617. The van der Waals surface area contributed by atoms with Crippen LogP contribution in [0.4, 0.5) is 11.5 Å². The van der Waals surface area contributed by atoms with Gasteiger partial charge in [-0.15, -0.1) is 0 Å². The molecule has 0 fully saturated rings. The second-order valence-electron chi connectivity index (χ2n) is 12.8. The summed E-state index contributed by atoms with van der Waals surface area (Å²) in [5.74, 6) is 1.46. The molecule has 1 heterocycles. The Morgan fingerprint density at radius 3 is 1.69 bits per heavy atom. The van der Waals surface area contributed by atoms with Gasteiger partial charge in [0.15, 0.2) is 5.82 Å². The molecule has 8 heteroatoms. The van der Waals surface area contributed by atoms with Crippen molar-refractivity contribution in [2.45, 2.75) is 45.1 Å². The number of aliphatic imine (C=N–C) groups is 2. The summed E-state index contributed by atoms with van der Waals surface area (Å²) in [7, 11) is 10.4. The number of nitrogens with zero attached hydrogens (tertiary/aromatic N) is 6. The predicted molar refractivity (Wildman–Crippen MR) is 205 cm³/mol. The van der Waals surface area contributed by atoms with Crippen LogP contribution in [-0.2, 0) is 6.54 Å². The van der Waals surface area contributed by atoms with Crippen LogP contribution in [0.1, 0.15) is 55.2 Å². The number of nitrogens with one attached hydrogen (secondary N) is 2. The van der Waals surface area contributed by atoms with Crippen molar-refractivity contribution in [2.24, 2.45) is 9.98 Å². The molecule has 0 unspecified atom stereocenters. The molecule has 4 aromatic rings. The lowest BCUT2D eigenvalue weighted by Gasteiger charge is -2.17. The van der Waals surface area contributed by atoms with Crippen LogP contribution in [0.2, 0.25) is 0 Å². The van der Waals surface area contributed by atoms with Crippen molar-refractivity contribution in [3.05, 3.63) is 95.6 Å². The highest BCUT2D eigenvalue weighted by atomic mass is 15.1. The second-order valence-corrected chi connectivity index (χ2v) is 12.8. The van der Waals surface area contributed by atoms with Crippen LogP contribution < -0.4 is 10.6 Å². The molecule has 1 aromatic heterocycles. The van der Waals surface area contributed by atoms with Crippen LogP contribution in [0.3, 0.4) is 0 Å². The van der Waals surface area contributed by atoms with Crippen LogP contribution in [0.15, 0.2) is 88.8 Å². The van der Waals surface area contributed by atoms with Gasteiger partial charge in [-0.1, -0.05) is 79.6 Å². The molecule has 4 rings (SSSR count). The first-order chi connectivity index (χ1) is 23.4. The van der Waals surface area contributed by atoms with E-state index >= 15 is 0 Å². The van der Waals surface area contributed by atoms with Gasteiger partial charge in [0, 0.05) is 54.4 Å². The summed E-state index contributed by atoms with van der Waals surface area (Å²) in [4.78, 5) is 24.0. The number of benzene rings is 3. The van der Waals surface area contributed by atoms with E-state index in [1.54, 1.807) is 0 Å². The Hall–Kier alpha value is -4.24. The molecule has 0 bridgehead atoms. The summed E-state index contributed by atoms with van der Waals surface area (Å²) in [6, 6.07) is 27.0. The van der Waals surface area contributed by atoms with E-state index in [4.69, 9.17) is 9.97 Å². The smallest absolute Gasteiger partial charge is 0.162 e. The second kappa shape index (κ2) is 20.2. The van der Waals surface area contributed by atoms with Crippen LogP contribution in [0.5, 0.6) is 0 Å². The van der Waals surface area contributed by atoms with Crippen molar-refractivity contribution >= 4 is 23.9 Å². The normalized spacial score (nSPS) is 11.8. The van der Waals surface area contributed by atoms with Gasteiger partial charge in [0.1, 0.15) is 5.82 Å². The van der Waals surface area contributed by atoms with Crippen molar-refractivity contribution in [1.29, 1.82) is 0 Å². The Bertz CT molecular complexity index is 1550. The lowest BCUT2D eigenvalue weighted by atomic mass is 10.0. The Morgan fingerprint density at radius 2 is 1.17 bits per heavy atom. The summed E-state index contributed by atoms with van der Waals surface area (Å²) >= 11 is 0. The Morgan fingerprint density at radius 1 is 0.625 bits per heavy atom. The highest BCUT2D eigenvalue weighted by molar-refractivity contribution is 5.83. The number of rotatable bonds is 20. The third kappa shape index (κ3) is 12.4. The summed E-state index contributed by atoms with van der Waals surface area (Å²) < 4.78 is 0. The molecule has 0 saturated carbocycles. The molecule has 0 radical (unpaired) electrons. The van der Waals surface area contributed by atoms with E-state index in [1.165, 1.54) is 25.7 Å². The summed E-state index contributed by atoms with van der Waals surface area (Å²) in [5, 5.41) is 6.90. The Labute approximate surface area is 288 Å². The first-order valence-electron chi connectivity index (χ1n) is 17.3. The zero-order valence-corrected chi connectivity index (χ0v) is 29.6. The molecule has 48 heavy (non-hydrogen) atoms. The van der Waals surface area contributed by atoms with Gasteiger partial charge in [-0.25, -0.2) is 9.97 Å². The van der Waals surface area contributed by atoms with Crippen molar-refractivity contribution in [1.82, 2.24) is 25.1 Å². The maximum atomic E-state index is 5.16. The van der Waals surface area contributed by atoms with Gasteiger partial charge in [-0.3, -0.25) is 9.98 Å². The fourth-order valence-corrected chi connectivity index (χ4v) is 5.36. The van der Waals surface area contributed by atoms with E-state index in [-0.39, 0.29) is 0 Å². The molecule has 0 aliphatic rings. The van der Waals surface area contributed by atoms with Crippen LogP contribution in [0.25, 0.3) is 22.6 Å². The van der Waals surface area contributed by atoms with Gasteiger partial charge < -0.3 is 20.4 Å². The molecule has 2 N–H and O–H groups in total. The quantitative estimate of drug-likeness (QED) is 0.0762. The first-order valence-corrected chi connectivity index (χ1v) is 17.3. The minimum atomic E-state index is 0.617. The first kappa shape index (κ1) is 36.6. The van der Waals surface area contributed by atoms with Gasteiger partial charge >= 0.3 is 0 Å². The van der Waals surface area contributed by atoms with Crippen LogP contribution in [-0.4, -0.2) is 93.6 Å². The molecule has 0 amide bonds. The lowest BCUT2D eigenvalue weighted by Crippen LogP contribution is -2.12. The molecule has 8 nitrogen and oxygen atoms in total. The van der Waals surface area contributed by atoms with Gasteiger partial charge in [-0.2, -0.15) is 0 Å². The van der Waals surface area contributed by atoms with Gasteiger partial charge in [0.05, 0.1) is 5.69 Å². The number of hydrogen-bond acceptors (Lipinski definition) is 8. The molecule has 0 aliphatic carbocycles. The number of hydrogen-bond donors (Lipinski definition) is 2. The van der Waals surface area contributed by atoms with Gasteiger partial charge in [-0.05, 0) is 97.3 Å². The number of unbranched alkanes of at least 4 members (excludes halogenated alkanes) is 4. The highest BCUT2D eigenvalue weighted by Gasteiger charge is 2.17. The minimum Gasteiger partial charge on any atom is -0.340 e. The van der Waals surface area contributed by atoms with E-state index in [2.05, 4.69) is 119 Å². The van der Waals surface area contributed by atoms with Crippen molar-refractivity contribution < 1.29 is 0 Å². The van der Waals surface area contributed by atoms with Gasteiger partial charge in [0.25, 0.3) is 0 Å². The summed E-state index contributed by atoms with van der Waals surface area (Å²) in [6.45, 7) is 4.58. The van der Waals surface area contributed by atoms with Gasteiger partial charge in [0.2, 0.25) is 0 Å². The lowest BCUT2D eigenvalue weighted by molar-refractivity contribution is 0.392. The van der Waals surface area contributed by atoms with E-state index < -0.39 is 0 Å². The molecular weight excluding hydrogens is 592 g/mol. The zero-order valence-electron chi connectivity index (χ0n) is 29.6. The predicted octanol–water partition coefficient (Wildman–Crippen LogP) is 7.58. The highest BCUT2D eigenvalue weighted by Crippen LogP contribution is 2.31. The van der Waals surface area contributed by atoms with E-state index in [9.17, 15) is 0 Å². The average molecular weight is 647 g/mol. The number of aromatic nitrogens is 2. The molecule has 0 spiro atoms. The third-order valence-electron chi connectivity index (χ3n) is 8.02. The van der Waals surface area contributed by atoms with Crippen molar-refractivity contribution in [3.63, 3.8) is 0 Å². The van der Waals surface area contributed by atoms with E-state index in [1.807, 2.05) is 37.7 Å². The molecule has 0 saturated heterocycles. The average Bonchev–Trinajstić information content (AvgIpc) is 3.09. The van der Waals surface area contributed by atoms with Crippen LogP contribution >= 0.6 is 0 Å². The Balaban J connectivity index is 1.54. The Kier molecular flexibility index (Phi) is 15.4. The van der Waals surface area contributed by atoms with Crippen LogP contribution in [0, 0.1) is 0 Å². The number of para-hydroxylation sites is 1.